The number of aliphatic hydroxyl groups excluding tert-OH is 1. The van der Waals surface area contributed by atoms with Gasteiger partial charge in [-0.2, -0.15) is 0 Å². The summed E-state index contributed by atoms with van der Waals surface area (Å²) in [6.45, 7) is 0.403. The van der Waals surface area contributed by atoms with Crippen molar-refractivity contribution in [1.29, 1.82) is 0 Å². The lowest BCUT2D eigenvalue weighted by atomic mass is 9.97. The Morgan fingerprint density at radius 1 is 0.864 bits per heavy atom. The van der Waals surface area contributed by atoms with Crippen LogP contribution in [-0.2, 0) is 22.6 Å². The van der Waals surface area contributed by atoms with E-state index in [-0.39, 0.29) is 24.7 Å². The fourth-order valence-electron chi connectivity index (χ4n) is 5.18. The second-order valence-electron chi connectivity index (χ2n) is 10.5. The Labute approximate surface area is 261 Å². The summed E-state index contributed by atoms with van der Waals surface area (Å²) in [6.07, 6.45) is 4.98. The molecular weight excluding hydrogens is 570 g/mol. The summed E-state index contributed by atoms with van der Waals surface area (Å²) >= 11 is 1.68. The van der Waals surface area contributed by atoms with Crippen LogP contribution in [0.3, 0.4) is 0 Å². The average Bonchev–Trinajstić information content (AvgIpc) is 3.10. The largest absolute Gasteiger partial charge is 0.392 e. The average molecular weight is 604 g/mol. The lowest BCUT2D eigenvalue weighted by molar-refractivity contribution is -0.245. The van der Waals surface area contributed by atoms with Crippen molar-refractivity contribution < 1.29 is 19.4 Å². The molecule has 0 saturated carbocycles. The summed E-state index contributed by atoms with van der Waals surface area (Å²) in [5.41, 5.74) is 6.48. The molecule has 7 nitrogen and oxygen atoms in total. The first-order valence-corrected chi connectivity index (χ1v) is 15.6. The molecule has 0 bridgehead atoms. The Morgan fingerprint density at radius 2 is 1.66 bits per heavy atom. The van der Waals surface area contributed by atoms with Gasteiger partial charge < -0.3 is 19.9 Å². The number of ether oxygens (including phenoxy) is 2. The molecule has 222 valence electrons. The Hall–Kier alpha value is -4.34. The molecule has 2 aromatic heterocycles. The highest BCUT2D eigenvalue weighted by atomic mass is 32.2. The van der Waals surface area contributed by atoms with Crippen molar-refractivity contribution >= 4 is 17.7 Å². The standard InChI is InChI=1S/C36H33N3O4S/c40-23-25-10-12-27(13-11-25)33-20-31(24-44-34-9-3-4-19-38-34)42-36(43-33)28-16-14-26(15-17-28)32-8-2-1-6-29(32)22-39-35(41)30-7-5-18-37-21-30/h1-19,21,31,33,36,40H,20,22-24H2,(H,39,41). The molecule has 3 heterocycles. The number of aromatic nitrogens is 2. The molecule has 0 spiro atoms. The zero-order valence-corrected chi connectivity index (χ0v) is 24.9. The smallest absolute Gasteiger partial charge is 0.253 e. The number of rotatable bonds is 10. The molecule has 1 aliphatic rings. The SMILES string of the molecule is O=C(NCc1ccccc1-c1ccc(C2OC(CSc3ccccn3)CC(c3ccc(CO)cc3)O2)cc1)c1cccnc1. The molecule has 1 aliphatic heterocycles. The maximum absolute atomic E-state index is 12.6. The zero-order valence-electron chi connectivity index (χ0n) is 24.1. The van der Waals surface area contributed by atoms with Gasteiger partial charge in [0.15, 0.2) is 6.29 Å². The Kier molecular flexibility index (Phi) is 9.74. The number of nitrogens with zero attached hydrogens (tertiary/aromatic N) is 2. The van der Waals surface area contributed by atoms with Crippen molar-refractivity contribution in [2.45, 2.75) is 43.1 Å². The number of carbonyl (C=O) groups excluding carboxylic acids is 1. The molecule has 0 radical (unpaired) electrons. The number of benzene rings is 3. The van der Waals surface area contributed by atoms with E-state index in [1.54, 1.807) is 42.5 Å². The van der Waals surface area contributed by atoms with Gasteiger partial charge in [0.25, 0.3) is 5.91 Å². The summed E-state index contributed by atoms with van der Waals surface area (Å²) in [5.74, 6) is 0.587. The predicted molar refractivity (Wildman–Crippen MR) is 171 cm³/mol. The number of pyridine rings is 2. The van der Waals surface area contributed by atoms with Gasteiger partial charge >= 0.3 is 0 Å². The van der Waals surface area contributed by atoms with Crippen molar-refractivity contribution in [3.63, 3.8) is 0 Å². The quantitative estimate of drug-likeness (QED) is 0.168. The maximum Gasteiger partial charge on any atom is 0.253 e. The van der Waals surface area contributed by atoms with Gasteiger partial charge in [0.1, 0.15) is 0 Å². The second kappa shape index (κ2) is 14.4. The van der Waals surface area contributed by atoms with Crippen LogP contribution in [0.5, 0.6) is 0 Å². The number of aliphatic hydroxyl groups is 1. The minimum atomic E-state index is -0.538. The van der Waals surface area contributed by atoms with Crippen molar-refractivity contribution in [3.05, 3.63) is 150 Å². The normalized spacial score (nSPS) is 18.1. The van der Waals surface area contributed by atoms with E-state index in [2.05, 4.69) is 33.5 Å². The van der Waals surface area contributed by atoms with Gasteiger partial charge in [-0.15, -0.1) is 11.8 Å². The third kappa shape index (κ3) is 7.41. The molecule has 1 saturated heterocycles. The third-order valence-corrected chi connectivity index (χ3v) is 8.62. The van der Waals surface area contributed by atoms with Crippen molar-refractivity contribution in [1.82, 2.24) is 15.3 Å². The highest BCUT2D eigenvalue weighted by Crippen LogP contribution is 2.40. The van der Waals surface area contributed by atoms with Crippen molar-refractivity contribution in [2.75, 3.05) is 5.75 Å². The van der Waals surface area contributed by atoms with Crippen LogP contribution in [0.4, 0.5) is 0 Å². The third-order valence-electron chi connectivity index (χ3n) is 7.54. The summed E-state index contributed by atoms with van der Waals surface area (Å²) < 4.78 is 13.0. The van der Waals surface area contributed by atoms with E-state index in [1.165, 1.54) is 0 Å². The minimum absolute atomic E-state index is 0.00718. The van der Waals surface area contributed by atoms with Gasteiger partial charge in [0.05, 0.1) is 29.4 Å². The summed E-state index contributed by atoms with van der Waals surface area (Å²) in [7, 11) is 0. The number of carbonyl (C=O) groups is 1. The lowest BCUT2D eigenvalue weighted by Gasteiger charge is -2.36. The Morgan fingerprint density at radius 3 is 2.41 bits per heavy atom. The lowest BCUT2D eigenvalue weighted by Crippen LogP contribution is -2.31. The van der Waals surface area contributed by atoms with E-state index in [0.29, 0.717) is 18.5 Å². The van der Waals surface area contributed by atoms with Crippen LogP contribution in [0.25, 0.3) is 11.1 Å². The first-order chi connectivity index (χ1) is 21.7. The van der Waals surface area contributed by atoms with Gasteiger partial charge in [-0.25, -0.2) is 4.98 Å². The van der Waals surface area contributed by atoms with Crippen LogP contribution in [-0.4, -0.2) is 32.8 Å². The van der Waals surface area contributed by atoms with E-state index < -0.39 is 6.29 Å². The van der Waals surface area contributed by atoms with E-state index in [0.717, 1.165) is 44.2 Å². The van der Waals surface area contributed by atoms with Gasteiger partial charge in [0, 0.05) is 42.9 Å². The molecule has 44 heavy (non-hydrogen) atoms. The molecule has 3 unspecified atom stereocenters. The molecular formula is C36H33N3O4S. The first kappa shape index (κ1) is 29.7. The molecule has 5 aromatic rings. The summed E-state index contributed by atoms with van der Waals surface area (Å²) in [4.78, 5) is 21.1. The van der Waals surface area contributed by atoms with Gasteiger partial charge in [-0.1, -0.05) is 78.9 Å². The maximum atomic E-state index is 12.6. The highest BCUT2D eigenvalue weighted by molar-refractivity contribution is 7.99. The predicted octanol–water partition coefficient (Wildman–Crippen LogP) is 6.90. The molecule has 0 aliphatic carbocycles. The first-order valence-electron chi connectivity index (χ1n) is 14.6. The Balaban J connectivity index is 1.19. The number of hydrogen-bond donors (Lipinski definition) is 2. The van der Waals surface area contributed by atoms with Crippen LogP contribution < -0.4 is 5.32 Å². The summed E-state index contributed by atoms with van der Waals surface area (Å²) in [6, 6.07) is 33.6. The highest BCUT2D eigenvalue weighted by Gasteiger charge is 2.32. The number of amides is 1. The topological polar surface area (TPSA) is 93.6 Å². The monoisotopic (exact) mass is 603 g/mol. The van der Waals surface area contributed by atoms with Gasteiger partial charge in [-0.05, 0) is 52.1 Å². The fourth-order valence-corrected chi connectivity index (χ4v) is 6.07. The van der Waals surface area contributed by atoms with Crippen LogP contribution >= 0.6 is 11.8 Å². The van der Waals surface area contributed by atoms with E-state index in [4.69, 9.17) is 9.47 Å². The molecule has 2 N–H and O–H groups in total. The zero-order chi connectivity index (χ0) is 30.1. The fraction of sp³-hybridized carbons (Fsp3) is 0.194. The Bertz CT molecular complexity index is 1650. The molecule has 3 atom stereocenters. The molecule has 6 rings (SSSR count). The van der Waals surface area contributed by atoms with Crippen LogP contribution in [0.1, 0.15) is 51.4 Å². The van der Waals surface area contributed by atoms with Gasteiger partial charge in [-0.3, -0.25) is 9.78 Å². The molecule has 1 fully saturated rings. The number of hydrogen-bond acceptors (Lipinski definition) is 7. The molecule has 8 heteroatoms. The van der Waals surface area contributed by atoms with Crippen LogP contribution in [0.2, 0.25) is 0 Å². The van der Waals surface area contributed by atoms with Crippen molar-refractivity contribution in [3.8, 4) is 11.1 Å². The van der Waals surface area contributed by atoms with Crippen molar-refractivity contribution in [2.24, 2.45) is 0 Å². The minimum Gasteiger partial charge on any atom is -0.392 e. The van der Waals surface area contributed by atoms with Crippen LogP contribution in [0, 0.1) is 0 Å². The van der Waals surface area contributed by atoms with E-state index in [1.807, 2.05) is 72.8 Å². The van der Waals surface area contributed by atoms with E-state index >= 15 is 0 Å². The van der Waals surface area contributed by atoms with E-state index in [9.17, 15) is 9.90 Å². The number of thioether (sulfide) groups is 1. The molecule has 3 aromatic carbocycles. The van der Waals surface area contributed by atoms with Gasteiger partial charge in [0.2, 0.25) is 0 Å². The second-order valence-corrected chi connectivity index (χ2v) is 11.6. The summed E-state index contributed by atoms with van der Waals surface area (Å²) in [5, 5.41) is 13.5. The van der Waals surface area contributed by atoms with Crippen LogP contribution in [0.15, 0.2) is 127 Å². The molecule has 1 amide bonds. The number of nitrogens with one attached hydrogen (secondary N) is 1.